The van der Waals surface area contributed by atoms with E-state index in [0.717, 1.165) is 11.5 Å². The van der Waals surface area contributed by atoms with Gasteiger partial charge in [0.25, 0.3) is 0 Å². The van der Waals surface area contributed by atoms with Crippen LogP contribution < -0.4 is 20.6 Å². The van der Waals surface area contributed by atoms with Crippen LogP contribution in [0.5, 0.6) is 0 Å². The molecule has 64 heavy (non-hydrogen) atoms. The molecule has 0 saturated heterocycles. The summed E-state index contributed by atoms with van der Waals surface area (Å²) in [6.07, 6.45) is 7.22. The average molecular weight is 847 g/mol. The van der Waals surface area contributed by atoms with E-state index >= 15 is 0 Å². The molecule has 2 atom stereocenters. The van der Waals surface area contributed by atoms with E-state index in [2.05, 4.69) is 198 Å². The molecule has 330 valence electrons. The molecule has 0 amide bonds. The van der Waals surface area contributed by atoms with Gasteiger partial charge in [0, 0.05) is 44.3 Å². The maximum atomic E-state index is 7.71. The average Bonchev–Trinajstić information content (AvgIpc) is 3.69. The normalized spacial score (nSPS) is 22.8. The van der Waals surface area contributed by atoms with Crippen LogP contribution in [0.1, 0.15) is 176 Å². The van der Waals surface area contributed by atoms with Crippen molar-refractivity contribution in [1.29, 1.82) is 0 Å². The van der Waals surface area contributed by atoms with Crippen LogP contribution in [0, 0.1) is 0 Å². The molecule has 5 aromatic carbocycles. The number of furan rings is 1. The summed E-state index contributed by atoms with van der Waals surface area (Å²) < 4.78 is 7.71. The fraction of sp³-hybridized carbons (Fsp3) is 0.467. The van der Waals surface area contributed by atoms with Crippen molar-refractivity contribution in [2.45, 2.75) is 180 Å². The molecule has 2 aliphatic carbocycles. The van der Waals surface area contributed by atoms with Gasteiger partial charge in [0.1, 0.15) is 5.58 Å². The van der Waals surface area contributed by atoms with Crippen molar-refractivity contribution in [3.63, 3.8) is 0 Å². The second-order valence-corrected chi connectivity index (χ2v) is 25.6. The third-order valence-corrected chi connectivity index (χ3v) is 17.6. The van der Waals surface area contributed by atoms with Crippen LogP contribution >= 0.6 is 0 Å². The summed E-state index contributed by atoms with van der Waals surface area (Å²) in [4.78, 5) is 5.58. The smallest absolute Gasteiger partial charge is 0.333 e. The highest BCUT2D eigenvalue weighted by molar-refractivity contribution is 6.94. The highest BCUT2D eigenvalue weighted by Gasteiger charge is 2.64. The van der Waals surface area contributed by atoms with Gasteiger partial charge in [-0.05, 0) is 146 Å². The van der Waals surface area contributed by atoms with Crippen LogP contribution in [0.4, 0.5) is 22.9 Å². The molecule has 4 heterocycles. The van der Waals surface area contributed by atoms with Gasteiger partial charge >= 0.3 is 6.85 Å². The van der Waals surface area contributed by atoms with Crippen molar-refractivity contribution in [1.82, 2.24) is 0 Å². The Morgan fingerprint density at radius 1 is 0.531 bits per heavy atom. The van der Waals surface area contributed by atoms with Crippen LogP contribution in [0.15, 0.2) is 89.3 Å². The van der Waals surface area contributed by atoms with Gasteiger partial charge in [-0.15, -0.1) is 0 Å². The Labute approximate surface area is 385 Å². The van der Waals surface area contributed by atoms with Gasteiger partial charge < -0.3 is 9.23 Å². The van der Waals surface area contributed by atoms with Crippen molar-refractivity contribution in [2.75, 3.05) is 9.71 Å². The molecule has 1 fully saturated rings. The van der Waals surface area contributed by atoms with E-state index < -0.39 is 0 Å². The van der Waals surface area contributed by atoms with E-state index in [0.29, 0.717) is 0 Å². The van der Waals surface area contributed by atoms with E-state index in [1.165, 1.54) is 122 Å². The fourth-order valence-electron chi connectivity index (χ4n) is 13.1. The molecule has 0 N–H and O–H groups in total. The Morgan fingerprint density at radius 3 is 1.78 bits per heavy atom. The first-order valence-corrected chi connectivity index (χ1v) is 24.6. The summed E-state index contributed by atoms with van der Waals surface area (Å²) in [5, 5.41) is 1.28. The lowest BCUT2D eigenvalue weighted by atomic mass is 9.42. The number of hydrogen-bond donors (Lipinski definition) is 0. The lowest BCUT2D eigenvalue weighted by Crippen LogP contribution is -2.70. The molecule has 1 saturated carbocycles. The Bertz CT molecular complexity index is 2950. The van der Waals surface area contributed by atoms with E-state index in [9.17, 15) is 0 Å². The van der Waals surface area contributed by atoms with Gasteiger partial charge in [-0.3, -0.25) is 4.90 Å². The molecule has 2 unspecified atom stereocenters. The van der Waals surface area contributed by atoms with Crippen LogP contribution in [0.3, 0.4) is 0 Å². The summed E-state index contributed by atoms with van der Waals surface area (Å²) in [6, 6.07) is 33.9. The van der Waals surface area contributed by atoms with Crippen molar-refractivity contribution >= 4 is 51.7 Å². The summed E-state index contributed by atoms with van der Waals surface area (Å²) in [6.45, 7) is 36.5. The molecule has 4 heteroatoms. The first-order valence-electron chi connectivity index (χ1n) is 24.6. The first-order chi connectivity index (χ1) is 29.8. The molecular formula is C60H71BN2O. The quantitative estimate of drug-likeness (QED) is 0.162. The fourth-order valence-corrected chi connectivity index (χ4v) is 13.1. The molecule has 5 aliphatic rings. The lowest BCUT2D eigenvalue weighted by Gasteiger charge is -2.54. The third-order valence-electron chi connectivity index (χ3n) is 17.6. The third kappa shape index (κ3) is 5.65. The van der Waals surface area contributed by atoms with Gasteiger partial charge in [-0.1, -0.05) is 158 Å². The minimum Gasteiger partial charge on any atom is -0.440 e. The van der Waals surface area contributed by atoms with E-state index in [1.54, 1.807) is 5.56 Å². The number of hydrogen-bond acceptors (Lipinski definition) is 3. The second-order valence-electron chi connectivity index (χ2n) is 25.6. The number of fused-ring (bicyclic) bond motifs is 10. The highest BCUT2D eigenvalue weighted by Crippen LogP contribution is 2.64. The Balaban J connectivity index is 1.33. The highest BCUT2D eigenvalue weighted by atomic mass is 16.4. The zero-order valence-corrected chi connectivity index (χ0v) is 41.7. The molecule has 1 aromatic heterocycles. The van der Waals surface area contributed by atoms with Gasteiger partial charge in [0.15, 0.2) is 0 Å². The maximum absolute atomic E-state index is 7.71. The summed E-state index contributed by atoms with van der Waals surface area (Å²) in [5.74, 6) is 0.979. The molecule has 3 aliphatic heterocycles. The van der Waals surface area contributed by atoms with Crippen molar-refractivity contribution in [3.8, 4) is 22.3 Å². The Kier molecular flexibility index (Phi) is 8.53. The number of benzene rings is 5. The maximum Gasteiger partial charge on any atom is 0.333 e. The van der Waals surface area contributed by atoms with Crippen molar-refractivity contribution in [3.05, 3.63) is 118 Å². The molecule has 0 bridgehead atoms. The molecular weight excluding hydrogens is 775 g/mol. The van der Waals surface area contributed by atoms with Crippen LogP contribution in [0.2, 0.25) is 0 Å². The molecule has 0 spiro atoms. The largest absolute Gasteiger partial charge is 0.440 e. The van der Waals surface area contributed by atoms with E-state index in [4.69, 9.17) is 4.42 Å². The number of nitrogens with zero attached hydrogens (tertiary/aromatic N) is 2. The summed E-state index contributed by atoms with van der Waals surface area (Å²) in [5.41, 5.74) is 21.5. The molecule has 3 nitrogen and oxygen atoms in total. The number of rotatable bonds is 2. The monoisotopic (exact) mass is 847 g/mol. The van der Waals surface area contributed by atoms with Gasteiger partial charge in [-0.25, -0.2) is 0 Å². The zero-order valence-electron chi connectivity index (χ0n) is 41.7. The van der Waals surface area contributed by atoms with Gasteiger partial charge in [-0.2, -0.15) is 0 Å². The Morgan fingerprint density at radius 2 is 1.12 bits per heavy atom. The topological polar surface area (TPSA) is 19.6 Å². The van der Waals surface area contributed by atoms with Crippen molar-refractivity contribution in [2.24, 2.45) is 0 Å². The number of anilines is 4. The van der Waals surface area contributed by atoms with Gasteiger partial charge in [0.05, 0.1) is 5.69 Å². The van der Waals surface area contributed by atoms with Crippen LogP contribution in [-0.4, -0.2) is 12.4 Å². The lowest BCUT2D eigenvalue weighted by molar-refractivity contribution is 0.199. The summed E-state index contributed by atoms with van der Waals surface area (Å²) >= 11 is 0. The molecule has 11 rings (SSSR count). The van der Waals surface area contributed by atoms with Gasteiger partial charge in [0.2, 0.25) is 5.88 Å². The van der Waals surface area contributed by atoms with E-state index in [1.807, 2.05) is 0 Å². The minimum atomic E-state index is -0.0940. The molecule has 6 aromatic rings. The van der Waals surface area contributed by atoms with Crippen LogP contribution in [0.25, 0.3) is 33.2 Å². The first kappa shape index (κ1) is 42.0. The van der Waals surface area contributed by atoms with Crippen LogP contribution in [-0.2, 0) is 32.5 Å². The predicted octanol–water partition coefficient (Wildman–Crippen LogP) is 15.3. The molecule has 0 radical (unpaired) electrons. The SMILES string of the molecule is CC(C)(C)c1ccc(N2c3cc(C(C)(C)C)cc4c3B(c3c2oc2cc5c(cc32)C(C)(C)CCC5(C)C)N2c3c-4cc(C(C)(C)C)cc3C3(C)CCCCC23C)c(-c2ccccc2)c1. The van der Waals surface area contributed by atoms with Crippen molar-refractivity contribution < 1.29 is 4.42 Å². The predicted molar refractivity (Wildman–Crippen MR) is 275 cm³/mol. The Hall–Kier alpha value is -4.70. The van der Waals surface area contributed by atoms with E-state index in [-0.39, 0.29) is 44.9 Å². The summed E-state index contributed by atoms with van der Waals surface area (Å²) in [7, 11) is 0. The minimum absolute atomic E-state index is 0.00203. The zero-order chi connectivity index (χ0) is 45.5. The standard InChI is InChI=1S/C60H71BN2O/c1-54(2,3)37-23-24-47(40(29-37)36-21-17-16-18-22-36)62-48-33-39(56(7,8)9)30-41-42-31-38(55(4,5)6)32-46-52(42)63(60(15)26-20-19-25-59(46,60)14)61(50(41)48)51-43-34-44-45(35-49(43)64-53(51)62)58(12,13)28-27-57(44,10)11/h16-18,21-24,29-35H,19-20,25-28H2,1-15H3. The second kappa shape index (κ2) is 13.0.